The van der Waals surface area contributed by atoms with Crippen LogP contribution in [0.15, 0.2) is 18.2 Å². The highest BCUT2D eigenvalue weighted by Crippen LogP contribution is 2.29. The summed E-state index contributed by atoms with van der Waals surface area (Å²) >= 11 is 0. The lowest BCUT2D eigenvalue weighted by molar-refractivity contribution is -0.122. The van der Waals surface area contributed by atoms with Crippen molar-refractivity contribution in [1.82, 2.24) is 10.2 Å². The van der Waals surface area contributed by atoms with Crippen LogP contribution in [0, 0.1) is 6.92 Å². The third kappa shape index (κ3) is 3.47. The van der Waals surface area contributed by atoms with Gasteiger partial charge in [-0.15, -0.1) is 0 Å². The van der Waals surface area contributed by atoms with Crippen LogP contribution in [-0.4, -0.2) is 49.0 Å². The van der Waals surface area contributed by atoms with Gasteiger partial charge in [-0.2, -0.15) is 0 Å². The average molecular weight is 317 g/mol. The summed E-state index contributed by atoms with van der Waals surface area (Å²) in [5, 5.41) is 5.86. The molecule has 1 aromatic rings. The van der Waals surface area contributed by atoms with Crippen LogP contribution in [0.5, 0.6) is 5.75 Å². The molecule has 2 aliphatic heterocycles. The van der Waals surface area contributed by atoms with Gasteiger partial charge in [0.05, 0.1) is 19.3 Å². The van der Waals surface area contributed by atoms with Crippen LogP contribution >= 0.6 is 0 Å². The molecule has 0 saturated carbocycles. The number of hydrogen-bond acceptors (Lipinski definition) is 4. The van der Waals surface area contributed by atoms with Crippen molar-refractivity contribution >= 4 is 17.5 Å². The molecule has 0 unspecified atom stereocenters. The SMILES string of the molecule is COc1ccc(C)cc1NC(=O)CN1[C@@H]2CC[C@H]1CC(=O)NC2. The standard InChI is InChI=1S/C17H23N3O3/c1-11-3-6-15(23-2)14(7-11)19-17(22)10-20-12-4-5-13(20)9-18-16(21)8-12/h3,6-7,12-13H,4-5,8-10H2,1-2H3,(H,18,21)(H,19,22)/t12-,13+/m0/s1. The average Bonchev–Trinajstić information content (AvgIpc) is 2.78. The van der Waals surface area contributed by atoms with Gasteiger partial charge in [0.15, 0.2) is 0 Å². The minimum absolute atomic E-state index is 0.0693. The van der Waals surface area contributed by atoms with Crippen molar-refractivity contribution in [3.63, 3.8) is 0 Å². The zero-order valence-electron chi connectivity index (χ0n) is 13.6. The number of anilines is 1. The molecule has 2 N–H and O–H groups in total. The molecule has 6 nitrogen and oxygen atoms in total. The van der Waals surface area contributed by atoms with Crippen molar-refractivity contribution < 1.29 is 14.3 Å². The molecular formula is C17H23N3O3. The Balaban J connectivity index is 1.68. The lowest BCUT2D eigenvalue weighted by atomic mass is 10.1. The number of benzene rings is 1. The highest BCUT2D eigenvalue weighted by molar-refractivity contribution is 5.94. The van der Waals surface area contributed by atoms with Crippen molar-refractivity contribution in [2.24, 2.45) is 0 Å². The van der Waals surface area contributed by atoms with E-state index in [9.17, 15) is 9.59 Å². The summed E-state index contributed by atoms with van der Waals surface area (Å²) in [5.41, 5.74) is 1.75. The number of carbonyl (C=O) groups excluding carboxylic acids is 2. The van der Waals surface area contributed by atoms with Crippen LogP contribution in [0.1, 0.15) is 24.8 Å². The Bertz CT molecular complexity index is 617. The van der Waals surface area contributed by atoms with Crippen LogP contribution in [0.4, 0.5) is 5.69 Å². The number of hydrogen-bond donors (Lipinski definition) is 2. The summed E-state index contributed by atoms with van der Waals surface area (Å²) in [6, 6.07) is 6.13. The first-order valence-electron chi connectivity index (χ1n) is 8.03. The smallest absolute Gasteiger partial charge is 0.238 e. The van der Waals surface area contributed by atoms with E-state index in [1.165, 1.54) is 0 Å². The summed E-state index contributed by atoms with van der Waals surface area (Å²) in [4.78, 5) is 26.3. The van der Waals surface area contributed by atoms with E-state index in [0.29, 0.717) is 30.9 Å². The molecule has 2 saturated heterocycles. The fourth-order valence-electron chi connectivity index (χ4n) is 3.50. The third-order valence-corrected chi connectivity index (χ3v) is 4.68. The normalized spacial score (nSPS) is 24.0. The highest BCUT2D eigenvalue weighted by Gasteiger charge is 2.38. The number of rotatable bonds is 4. The Morgan fingerprint density at radius 1 is 1.39 bits per heavy atom. The van der Waals surface area contributed by atoms with Gasteiger partial charge in [-0.25, -0.2) is 0 Å². The van der Waals surface area contributed by atoms with Gasteiger partial charge in [0.2, 0.25) is 11.8 Å². The fourth-order valence-corrected chi connectivity index (χ4v) is 3.50. The van der Waals surface area contributed by atoms with Gasteiger partial charge < -0.3 is 15.4 Å². The third-order valence-electron chi connectivity index (χ3n) is 4.68. The molecule has 0 spiro atoms. The van der Waals surface area contributed by atoms with Crippen molar-refractivity contribution in [2.45, 2.75) is 38.3 Å². The molecule has 2 heterocycles. The Labute approximate surface area is 136 Å². The van der Waals surface area contributed by atoms with Crippen LogP contribution < -0.4 is 15.4 Å². The van der Waals surface area contributed by atoms with Gasteiger partial charge >= 0.3 is 0 Å². The van der Waals surface area contributed by atoms with Crippen LogP contribution in [-0.2, 0) is 9.59 Å². The topological polar surface area (TPSA) is 70.7 Å². The quantitative estimate of drug-likeness (QED) is 0.878. The fraction of sp³-hybridized carbons (Fsp3) is 0.529. The van der Waals surface area contributed by atoms with E-state index < -0.39 is 0 Å². The van der Waals surface area contributed by atoms with E-state index >= 15 is 0 Å². The summed E-state index contributed by atoms with van der Waals surface area (Å²) in [6.07, 6.45) is 2.50. The molecule has 2 fully saturated rings. The highest BCUT2D eigenvalue weighted by atomic mass is 16.5. The Kier molecular flexibility index (Phi) is 4.52. The predicted molar refractivity (Wildman–Crippen MR) is 87.5 cm³/mol. The summed E-state index contributed by atoms with van der Waals surface area (Å²) < 4.78 is 5.30. The van der Waals surface area contributed by atoms with Crippen molar-refractivity contribution in [1.29, 1.82) is 0 Å². The van der Waals surface area contributed by atoms with E-state index in [1.807, 2.05) is 25.1 Å². The Morgan fingerprint density at radius 3 is 2.96 bits per heavy atom. The molecule has 0 aliphatic carbocycles. The minimum Gasteiger partial charge on any atom is -0.495 e. The maximum Gasteiger partial charge on any atom is 0.238 e. The second kappa shape index (κ2) is 6.58. The second-order valence-electron chi connectivity index (χ2n) is 6.32. The van der Waals surface area contributed by atoms with E-state index in [0.717, 1.165) is 18.4 Å². The maximum atomic E-state index is 12.5. The summed E-state index contributed by atoms with van der Waals surface area (Å²) in [7, 11) is 1.59. The van der Waals surface area contributed by atoms with E-state index in [-0.39, 0.29) is 23.9 Å². The zero-order valence-corrected chi connectivity index (χ0v) is 13.6. The number of nitrogens with zero attached hydrogens (tertiary/aromatic N) is 1. The maximum absolute atomic E-state index is 12.5. The molecule has 2 bridgehead atoms. The lowest BCUT2D eigenvalue weighted by Gasteiger charge is -2.26. The number of nitrogens with one attached hydrogen (secondary N) is 2. The molecule has 3 rings (SSSR count). The van der Waals surface area contributed by atoms with Gasteiger partial charge in [-0.1, -0.05) is 6.07 Å². The molecule has 1 aromatic carbocycles. The number of methoxy groups -OCH3 is 1. The lowest BCUT2D eigenvalue weighted by Crippen LogP contribution is -2.42. The number of carbonyl (C=O) groups is 2. The van der Waals surface area contributed by atoms with E-state index in [4.69, 9.17) is 4.74 Å². The summed E-state index contributed by atoms with van der Waals surface area (Å²) in [5.74, 6) is 0.669. The van der Waals surface area contributed by atoms with Crippen LogP contribution in [0.3, 0.4) is 0 Å². The molecule has 6 heteroatoms. The minimum atomic E-state index is -0.0693. The number of amides is 2. The number of ether oxygens (including phenoxy) is 1. The van der Waals surface area contributed by atoms with E-state index in [1.54, 1.807) is 7.11 Å². The Morgan fingerprint density at radius 2 is 2.17 bits per heavy atom. The van der Waals surface area contributed by atoms with Crippen molar-refractivity contribution in [2.75, 3.05) is 25.5 Å². The monoisotopic (exact) mass is 317 g/mol. The molecule has 2 amide bonds. The first-order chi connectivity index (χ1) is 11.1. The number of aryl methyl sites for hydroxylation is 1. The van der Waals surface area contributed by atoms with Crippen LogP contribution in [0.2, 0.25) is 0 Å². The van der Waals surface area contributed by atoms with Crippen molar-refractivity contribution in [3.8, 4) is 5.75 Å². The first-order valence-corrected chi connectivity index (χ1v) is 8.03. The first kappa shape index (κ1) is 15.8. The molecule has 2 atom stereocenters. The van der Waals surface area contributed by atoms with E-state index in [2.05, 4.69) is 15.5 Å². The van der Waals surface area contributed by atoms with Crippen LogP contribution in [0.25, 0.3) is 0 Å². The van der Waals surface area contributed by atoms with Gasteiger partial charge in [-0.3, -0.25) is 14.5 Å². The van der Waals surface area contributed by atoms with Gasteiger partial charge in [0.25, 0.3) is 0 Å². The zero-order chi connectivity index (χ0) is 16.4. The van der Waals surface area contributed by atoms with Crippen molar-refractivity contribution in [3.05, 3.63) is 23.8 Å². The largest absolute Gasteiger partial charge is 0.495 e. The molecule has 2 aliphatic rings. The van der Waals surface area contributed by atoms with Gasteiger partial charge in [-0.05, 0) is 37.5 Å². The molecule has 23 heavy (non-hydrogen) atoms. The Hall–Kier alpha value is -2.08. The number of fused-ring (bicyclic) bond motifs is 2. The predicted octanol–water partition coefficient (Wildman–Crippen LogP) is 1.30. The molecule has 0 aromatic heterocycles. The second-order valence-corrected chi connectivity index (χ2v) is 6.32. The summed E-state index contributed by atoms with van der Waals surface area (Å²) in [6.45, 7) is 2.92. The molecule has 124 valence electrons. The molecule has 0 radical (unpaired) electrons. The van der Waals surface area contributed by atoms with Gasteiger partial charge in [0, 0.05) is 25.0 Å². The van der Waals surface area contributed by atoms with Gasteiger partial charge in [0.1, 0.15) is 5.75 Å². The molecular weight excluding hydrogens is 294 g/mol.